The van der Waals surface area contributed by atoms with Gasteiger partial charge in [-0.3, -0.25) is 0 Å². The van der Waals surface area contributed by atoms with Crippen LogP contribution in [0.25, 0.3) is 0 Å². The molecule has 0 aromatic rings. The van der Waals surface area contributed by atoms with E-state index in [1.165, 1.54) is 19.3 Å². The first kappa shape index (κ1) is 19.0. The van der Waals surface area contributed by atoms with E-state index in [9.17, 15) is 10.2 Å². The van der Waals surface area contributed by atoms with Gasteiger partial charge < -0.3 is 15.3 Å². The molecule has 23 heavy (non-hydrogen) atoms. The normalized spacial score (nSPS) is 42.2. The Balaban J connectivity index is 2.33. The first-order chi connectivity index (χ1) is 10.6. The summed E-state index contributed by atoms with van der Waals surface area (Å²) in [7, 11) is 0. The van der Waals surface area contributed by atoms with Gasteiger partial charge in [0.25, 0.3) is 0 Å². The second kappa shape index (κ2) is 6.50. The third kappa shape index (κ3) is 3.12. The largest absolute Gasteiger partial charge is 0.393 e. The molecule has 0 radical (unpaired) electrons. The molecule has 3 N–H and O–H groups in total. The van der Waals surface area contributed by atoms with Crippen LogP contribution in [0.2, 0.25) is 0 Å². The molecular weight excluding hydrogens is 288 g/mol. The monoisotopic (exact) mass is 324 g/mol. The molecule has 0 aliphatic heterocycles. The van der Waals surface area contributed by atoms with Gasteiger partial charge in [-0.25, -0.2) is 0 Å². The molecule has 2 saturated carbocycles. The van der Waals surface area contributed by atoms with Crippen molar-refractivity contribution in [3.63, 3.8) is 0 Å². The number of hydrogen-bond acceptors (Lipinski definition) is 3. The van der Waals surface area contributed by atoms with Gasteiger partial charge in [0.05, 0.1) is 18.3 Å². The lowest BCUT2D eigenvalue weighted by Gasteiger charge is -2.63. The summed E-state index contributed by atoms with van der Waals surface area (Å²) >= 11 is 0. The maximum atomic E-state index is 11.7. The molecule has 134 valence electrons. The van der Waals surface area contributed by atoms with Crippen LogP contribution in [-0.2, 0) is 0 Å². The maximum Gasteiger partial charge on any atom is 0.0978 e. The van der Waals surface area contributed by atoms with Gasteiger partial charge in [0.15, 0.2) is 0 Å². The van der Waals surface area contributed by atoms with Gasteiger partial charge in [0.2, 0.25) is 0 Å². The zero-order valence-electron chi connectivity index (χ0n) is 15.6. The molecule has 0 aromatic carbocycles. The first-order valence-electron chi connectivity index (χ1n) is 9.26. The molecule has 0 aromatic heterocycles. The quantitative estimate of drug-likeness (QED) is 0.692. The number of rotatable bonds is 4. The fraction of sp³-hybridized carbons (Fsp3) is 0.900. The summed E-state index contributed by atoms with van der Waals surface area (Å²) in [5.41, 5.74) is 0.232. The van der Waals surface area contributed by atoms with Gasteiger partial charge in [-0.2, -0.15) is 0 Å². The van der Waals surface area contributed by atoms with Gasteiger partial charge in [-0.1, -0.05) is 40.2 Å². The topological polar surface area (TPSA) is 60.7 Å². The molecule has 0 saturated heterocycles. The summed E-state index contributed by atoms with van der Waals surface area (Å²) in [4.78, 5) is 0. The zero-order chi connectivity index (χ0) is 17.5. The average molecular weight is 325 g/mol. The highest BCUT2D eigenvalue weighted by atomic mass is 16.3. The van der Waals surface area contributed by atoms with Crippen molar-refractivity contribution in [2.45, 2.75) is 84.8 Å². The molecule has 2 rings (SSSR count). The third-order valence-corrected chi connectivity index (χ3v) is 7.36. The number of aliphatic hydroxyl groups excluding tert-OH is 2. The van der Waals surface area contributed by atoms with E-state index in [1.807, 2.05) is 13.0 Å². The minimum Gasteiger partial charge on any atom is -0.393 e. The van der Waals surface area contributed by atoms with Crippen molar-refractivity contribution < 1.29 is 15.3 Å². The highest BCUT2D eigenvalue weighted by Crippen LogP contribution is 2.63. The Morgan fingerprint density at radius 1 is 1.22 bits per heavy atom. The summed E-state index contributed by atoms with van der Waals surface area (Å²) < 4.78 is 0. The van der Waals surface area contributed by atoms with E-state index in [0.717, 1.165) is 18.4 Å². The van der Waals surface area contributed by atoms with Gasteiger partial charge in [0.1, 0.15) is 0 Å². The molecule has 0 bridgehead atoms. The van der Waals surface area contributed by atoms with Crippen molar-refractivity contribution in [2.75, 3.05) is 6.61 Å². The average Bonchev–Trinajstić information content (AvgIpc) is 2.48. The van der Waals surface area contributed by atoms with Gasteiger partial charge in [0, 0.05) is 5.41 Å². The summed E-state index contributed by atoms with van der Waals surface area (Å²) in [6.07, 6.45) is 7.48. The summed E-state index contributed by atoms with van der Waals surface area (Å²) in [6, 6.07) is 0. The highest BCUT2D eigenvalue weighted by molar-refractivity contribution is 5.15. The van der Waals surface area contributed by atoms with Crippen LogP contribution in [0, 0.1) is 22.7 Å². The van der Waals surface area contributed by atoms with Crippen LogP contribution in [0.1, 0.15) is 73.1 Å². The van der Waals surface area contributed by atoms with Crippen molar-refractivity contribution in [3.8, 4) is 0 Å². The van der Waals surface area contributed by atoms with E-state index in [-0.39, 0.29) is 23.4 Å². The zero-order valence-corrected chi connectivity index (χ0v) is 15.6. The van der Waals surface area contributed by atoms with E-state index in [4.69, 9.17) is 5.11 Å². The van der Waals surface area contributed by atoms with E-state index in [2.05, 4.69) is 27.7 Å². The minimum atomic E-state index is -0.816. The van der Waals surface area contributed by atoms with Crippen molar-refractivity contribution in [1.82, 2.24) is 0 Å². The summed E-state index contributed by atoms with van der Waals surface area (Å²) in [5, 5.41) is 30.6. The van der Waals surface area contributed by atoms with Gasteiger partial charge >= 0.3 is 0 Å². The predicted molar refractivity (Wildman–Crippen MR) is 94.0 cm³/mol. The van der Waals surface area contributed by atoms with Gasteiger partial charge in [-0.05, 0) is 61.9 Å². The Labute approximate surface area is 141 Å². The number of fused-ring (bicyclic) bond motifs is 1. The van der Waals surface area contributed by atoms with Crippen molar-refractivity contribution >= 4 is 0 Å². The molecule has 0 heterocycles. The SMILES string of the molecule is CC(=CCC1(O)C(C)CCC2C(C)(C)CCCC21C)C(O)CO. The van der Waals surface area contributed by atoms with E-state index in [0.29, 0.717) is 12.3 Å². The fourth-order valence-corrected chi connectivity index (χ4v) is 5.60. The van der Waals surface area contributed by atoms with Gasteiger partial charge in [-0.15, -0.1) is 0 Å². The number of hydrogen-bond donors (Lipinski definition) is 3. The van der Waals surface area contributed by atoms with Crippen LogP contribution in [0.5, 0.6) is 0 Å². The predicted octanol–water partition coefficient (Wildman–Crippen LogP) is 3.67. The Morgan fingerprint density at radius 2 is 1.87 bits per heavy atom. The van der Waals surface area contributed by atoms with E-state index in [1.54, 1.807) is 0 Å². The lowest BCUT2D eigenvalue weighted by Crippen LogP contribution is -2.62. The molecule has 2 fully saturated rings. The second-order valence-electron chi connectivity index (χ2n) is 9.07. The van der Waals surface area contributed by atoms with Crippen LogP contribution in [-0.4, -0.2) is 33.6 Å². The Hall–Kier alpha value is -0.380. The smallest absolute Gasteiger partial charge is 0.0978 e. The van der Waals surface area contributed by atoms with Crippen LogP contribution in [0.15, 0.2) is 11.6 Å². The fourth-order valence-electron chi connectivity index (χ4n) is 5.60. The van der Waals surface area contributed by atoms with E-state index >= 15 is 0 Å². The van der Waals surface area contributed by atoms with Crippen molar-refractivity contribution in [2.24, 2.45) is 22.7 Å². The van der Waals surface area contributed by atoms with Crippen LogP contribution >= 0.6 is 0 Å². The molecule has 2 aliphatic carbocycles. The third-order valence-electron chi connectivity index (χ3n) is 7.36. The molecule has 5 atom stereocenters. The first-order valence-corrected chi connectivity index (χ1v) is 9.26. The van der Waals surface area contributed by atoms with Crippen molar-refractivity contribution in [1.29, 1.82) is 0 Å². The summed E-state index contributed by atoms with van der Waals surface area (Å²) in [5.74, 6) is 0.800. The summed E-state index contributed by atoms with van der Waals surface area (Å²) in [6.45, 7) is 10.8. The molecule has 0 spiro atoms. The van der Waals surface area contributed by atoms with Crippen LogP contribution < -0.4 is 0 Å². The molecule has 3 heteroatoms. The Kier molecular flexibility index (Phi) is 5.35. The highest BCUT2D eigenvalue weighted by Gasteiger charge is 2.60. The molecule has 0 amide bonds. The Bertz CT molecular complexity index is 456. The lowest BCUT2D eigenvalue weighted by molar-refractivity contribution is -0.207. The maximum absolute atomic E-state index is 11.7. The number of aliphatic hydroxyl groups is 3. The molecule has 3 nitrogen and oxygen atoms in total. The molecule has 5 unspecified atom stereocenters. The standard InChI is InChI=1S/C20H36O3/c1-14(16(22)13-21)9-12-20(23)15(2)7-8-17-18(3,4)10-6-11-19(17,20)5/h9,15-17,21-23H,6-8,10-13H2,1-5H3. The van der Waals surface area contributed by atoms with Crippen molar-refractivity contribution in [3.05, 3.63) is 11.6 Å². The molecular formula is C20H36O3. The lowest BCUT2D eigenvalue weighted by atomic mass is 9.44. The van der Waals surface area contributed by atoms with E-state index < -0.39 is 11.7 Å². The van der Waals surface area contributed by atoms with Crippen LogP contribution in [0.3, 0.4) is 0 Å². The van der Waals surface area contributed by atoms with Crippen LogP contribution in [0.4, 0.5) is 0 Å². The second-order valence-corrected chi connectivity index (χ2v) is 9.07. The minimum absolute atomic E-state index is 0.0760. The molecule has 2 aliphatic rings. The Morgan fingerprint density at radius 3 is 2.48 bits per heavy atom.